The number of rotatable bonds is 12. The number of esters is 1. The number of amides is 3. The maximum absolute atomic E-state index is 14.4. The third-order valence-electron chi connectivity index (χ3n) is 9.52. The number of allylic oxidation sites excluding steroid dienone is 4. The molecule has 1 N–H and O–H groups in total. The normalized spacial score (nSPS) is 15.4. The molecular weight excluding hydrogens is 729 g/mol. The molecule has 0 spiro atoms. The minimum absolute atomic E-state index is 0.0915. The van der Waals surface area contributed by atoms with Crippen LogP contribution < -0.4 is 5.32 Å². The SMILES string of the molecule is C=C/C=C\C(=C/C)N1C(=O)/C(=C/c2cc(C)n(-c3sc4c(c3C(=O)OCC)CCCC4)c2C)C(=O)N=C1SCC(=O)NC(c1ccccc1)c1ccccc1. The lowest BCUT2D eigenvalue weighted by atomic mass is 9.95. The number of fused-ring (bicyclic) bond motifs is 1. The van der Waals surface area contributed by atoms with E-state index >= 15 is 0 Å². The number of hydrogen-bond donors (Lipinski definition) is 1. The van der Waals surface area contributed by atoms with E-state index in [9.17, 15) is 19.2 Å². The van der Waals surface area contributed by atoms with Gasteiger partial charge in [0.25, 0.3) is 11.8 Å². The van der Waals surface area contributed by atoms with Crippen molar-refractivity contribution in [2.24, 2.45) is 4.99 Å². The number of benzene rings is 2. The lowest BCUT2D eigenvalue weighted by molar-refractivity contribution is -0.126. The van der Waals surface area contributed by atoms with Crippen LogP contribution in [-0.4, -0.2) is 50.7 Å². The number of nitrogens with zero attached hydrogens (tertiary/aromatic N) is 3. The molecule has 11 heteroatoms. The summed E-state index contributed by atoms with van der Waals surface area (Å²) >= 11 is 2.62. The van der Waals surface area contributed by atoms with E-state index in [0.29, 0.717) is 16.8 Å². The number of carbonyl (C=O) groups excluding carboxylic acids is 4. The average molecular weight is 773 g/mol. The van der Waals surface area contributed by atoms with Gasteiger partial charge in [-0.3, -0.25) is 19.3 Å². The third-order valence-corrected chi connectivity index (χ3v) is 11.7. The van der Waals surface area contributed by atoms with Gasteiger partial charge < -0.3 is 14.6 Å². The van der Waals surface area contributed by atoms with Gasteiger partial charge in [0.2, 0.25) is 5.91 Å². The highest BCUT2D eigenvalue weighted by atomic mass is 32.2. The lowest BCUT2D eigenvalue weighted by Crippen LogP contribution is -2.42. The smallest absolute Gasteiger partial charge is 0.341 e. The molecular formula is C44H44N4O5S2. The highest BCUT2D eigenvalue weighted by Crippen LogP contribution is 2.40. The Morgan fingerprint density at radius 3 is 2.35 bits per heavy atom. The zero-order chi connectivity index (χ0) is 39.1. The fourth-order valence-corrected chi connectivity index (χ4v) is 9.21. The number of thiophene rings is 1. The number of amidine groups is 1. The number of aliphatic imine (C=N–C) groups is 1. The van der Waals surface area contributed by atoms with E-state index in [1.807, 2.05) is 85.1 Å². The molecule has 0 atom stereocenters. The summed E-state index contributed by atoms with van der Waals surface area (Å²) in [5.74, 6) is -2.00. The molecule has 0 radical (unpaired) electrons. The Kier molecular flexibility index (Phi) is 12.6. The van der Waals surface area contributed by atoms with Gasteiger partial charge in [0, 0.05) is 22.0 Å². The van der Waals surface area contributed by atoms with Gasteiger partial charge in [0.1, 0.15) is 10.6 Å². The molecule has 55 heavy (non-hydrogen) atoms. The van der Waals surface area contributed by atoms with E-state index in [2.05, 4.69) is 16.9 Å². The summed E-state index contributed by atoms with van der Waals surface area (Å²) in [6, 6.07) is 20.9. The Morgan fingerprint density at radius 1 is 1.04 bits per heavy atom. The standard InChI is InChI=1S/C44H44N4O5S2/c1-6-9-22-33(7-2)48-41(51)35(26-32-25-28(4)47(29(32)5)42-38(43(52)53-8-3)34-23-16-17-24-36(34)55-42)40(50)46-44(48)54-27-37(49)45-39(30-18-12-10-13-19-30)31-20-14-11-15-21-31/h6-7,9-15,18-22,25-26,39H,1,8,16-17,23-24,27H2,2-5H3,(H,45,49)/b22-9-,33-7+,35-26+. The van der Waals surface area contributed by atoms with Crippen LogP contribution in [-0.2, 0) is 32.0 Å². The number of ether oxygens (including phenoxy) is 1. The van der Waals surface area contributed by atoms with Crippen LogP contribution in [0.2, 0.25) is 0 Å². The molecule has 3 amide bonds. The van der Waals surface area contributed by atoms with E-state index in [1.165, 1.54) is 9.78 Å². The van der Waals surface area contributed by atoms with Crippen molar-refractivity contribution >= 4 is 58.0 Å². The lowest BCUT2D eigenvalue weighted by Gasteiger charge is -2.28. The Hall–Kier alpha value is -5.52. The van der Waals surface area contributed by atoms with E-state index in [-0.39, 0.29) is 35.0 Å². The second-order valence-corrected chi connectivity index (χ2v) is 15.1. The summed E-state index contributed by atoms with van der Waals surface area (Å²) in [5.41, 5.74) is 6.11. The number of aromatic nitrogens is 1. The topological polar surface area (TPSA) is 110 Å². The molecule has 2 aliphatic rings. The quantitative estimate of drug-likeness (QED) is 0.0669. The van der Waals surface area contributed by atoms with Crippen molar-refractivity contribution in [1.29, 1.82) is 0 Å². The van der Waals surface area contributed by atoms with E-state index in [1.54, 1.807) is 55.6 Å². The number of nitrogens with one attached hydrogen (secondary N) is 1. The summed E-state index contributed by atoms with van der Waals surface area (Å²) in [7, 11) is 0. The van der Waals surface area contributed by atoms with Crippen molar-refractivity contribution in [2.75, 3.05) is 12.4 Å². The van der Waals surface area contributed by atoms with E-state index < -0.39 is 17.9 Å². The summed E-state index contributed by atoms with van der Waals surface area (Å²) in [4.78, 5) is 62.0. The van der Waals surface area contributed by atoms with Crippen LogP contribution in [0, 0.1) is 13.8 Å². The third kappa shape index (κ3) is 8.43. The van der Waals surface area contributed by atoms with Crippen molar-refractivity contribution in [1.82, 2.24) is 14.8 Å². The second-order valence-electron chi connectivity index (χ2n) is 13.1. The van der Waals surface area contributed by atoms with Crippen molar-refractivity contribution in [3.63, 3.8) is 0 Å². The molecule has 0 bridgehead atoms. The predicted molar refractivity (Wildman–Crippen MR) is 221 cm³/mol. The molecule has 0 saturated heterocycles. The Labute approximate surface area is 330 Å². The Morgan fingerprint density at radius 2 is 1.71 bits per heavy atom. The van der Waals surface area contributed by atoms with Crippen LogP contribution >= 0.6 is 23.1 Å². The molecule has 9 nitrogen and oxygen atoms in total. The van der Waals surface area contributed by atoms with Crippen molar-refractivity contribution in [2.45, 2.75) is 59.4 Å². The first kappa shape index (κ1) is 39.2. The number of aryl methyl sites for hydroxylation is 2. The van der Waals surface area contributed by atoms with Crippen LogP contribution in [0.3, 0.4) is 0 Å². The van der Waals surface area contributed by atoms with E-state index in [4.69, 9.17) is 4.74 Å². The molecule has 0 fully saturated rings. The Bertz CT molecular complexity index is 2210. The first-order chi connectivity index (χ1) is 26.7. The molecule has 0 saturated carbocycles. The predicted octanol–water partition coefficient (Wildman–Crippen LogP) is 8.60. The fourth-order valence-electron chi connectivity index (χ4n) is 6.92. The maximum Gasteiger partial charge on any atom is 0.341 e. The van der Waals surface area contributed by atoms with Crippen molar-refractivity contribution < 1.29 is 23.9 Å². The minimum Gasteiger partial charge on any atom is -0.462 e. The molecule has 6 rings (SSSR count). The van der Waals surface area contributed by atoms with Crippen molar-refractivity contribution in [3.05, 3.63) is 153 Å². The minimum atomic E-state index is -0.706. The molecule has 0 unspecified atom stereocenters. The van der Waals surface area contributed by atoms with Gasteiger partial charge in [0.15, 0.2) is 5.17 Å². The van der Waals surface area contributed by atoms with Gasteiger partial charge in [-0.15, -0.1) is 11.3 Å². The number of carbonyl (C=O) groups is 4. The first-order valence-corrected chi connectivity index (χ1v) is 20.1. The molecule has 4 aromatic rings. The van der Waals surface area contributed by atoms with Gasteiger partial charge in [0.05, 0.1) is 24.0 Å². The van der Waals surface area contributed by atoms with Gasteiger partial charge in [-0.25, -0.2) is 4.79 Å². The van der Waals surface area contributed by atoms with E-state index in [0.717, 1.165) is 70.5 Å². The largest absolute Gasteiger partial charge is 0.462 e. The number of hydrogen-bond acceptors (Lipinski definition) is 7. The fraction of sp³-hybridized carbons (Fsp3) is 0.250. The van der Waals surface area contributed by atoms with Crippen molar-refractivity contribution in [3.8, 4) is 5.00 Å². The summed E-state index contributed by atoms with van der Waals surface area (Å²) < 4.78 is 7.53. The molecule has 1 aliphatic heterocycles. The van der Waals surface area contributed by atoms with Crippen LogP contribution in [0.5, 0.6) is 0 Å². The van der Waals surface area contributed by atoms with Crippen LogP contribution in [0.25, 0.3) is 11.1 Å². The average Bonchev–Trinajstić information content (AvgIpc) is 3.71. The van der Waals surface area contributed by atoms with Crippen LogP contribution in [0.15, 0.2) is 114 Å². The summed E-state index contributed by atoms with van der Waals surface area (Å²) in [6.45, 7) is 11.5. The summed E-state index contributed by atoms with van der Waals surface area (Å²) in [5, 5.41) is 4.00. The highest BCUT2D eigenvalue weighted by molar-refractivity contribution is 8.14. The molecule has 3 heterocycles. The van der Waals surface area contributed by atoms with Gasteiger partial charge in [-0.2, -0.15) is 4.99 Å². The summed E-state index contributed by atoms with van der Waals surface area (Å²) in [6.07, 6.45) is 12.1. The van der Waals surface area contributed by atoms with Crippen LogP contribution in [0.4, 0.5) is 0 Å². The van der Waals surface area contributed by atoms with Gasteiger partial charge in [-0.1, -0.05) is 97.2 Å². The zero-order valence-corrected chi connectivity index (χ0v) is 33.1. The highest BCUT2D eigenvalue weighted by Gasteiger charge is 2.36. The van der Waals surface area contributed by atoms with Gasteiger partial charge in [-0.05, 0) is 93.9 Å². The zero-order valence-electron chi connectivity index (χ0n) is 31.5. The number of thioether (sulfide) groups is 1. The Balaban J connectivity index is 1.32. The monoisotopic (exact) mass is 772 g/mol. The molecule has 1 aliphatic carbocycles. The second kappa shape index (κ2) is 17.7. The molecule has 282 valence electrons. The van der Waals surface area contributed by atoms with Gasteiger partial charge >= 0.3 is 5.97 Å². The van der Waals surface area contributed by atoms with Crippen LogP contribution in [0.1, 0.15) is 81.6 Å². The molecule has 2 aromatic heterocycles. The first-order valence-electron chi connectivity index (χ1n) is 18.3. The molecule has 2 aromatic carbocycles. The maximum atomic E-state index is 14.4.